The van der Waals surface area contributed by atoms with E-state index in [1.165, 1.54) is 44.2 Å². The molecule has 4 aliphatic carbocycles. The minimum Gasteiger partial charge on any atom is -0.393 e. The maximum Gasteiger partial charge on any atom is 0.184 e. The molecule has 4 N–H and O–H groups in total. The lowest BCUT2D eigenvalue weighted by Crippen LogP contribution is -2.54. The largest absolute Gasteiger partial charge is 0.393 e. The fourth-order valence-electron chi connectivity index (χ4n) is 7.27. The smallest absolute Gasteiger partial charge is 0.184 e. The van der Waals surface area contributed by atoms with Gasteiger partial charge in [-0.15, -0.1) is 0 Å². The number of rotatable bonds is 1. The molecule has 0 unspecified atom stereocenters. The fraction of sp³-hybridized carbons (Fsp3) is 0.900. The van der Waals surface area contributed by atoms with Crippen molar-refractivity contribution in [3.05, 3.63) is 0 Å². The number of hydrogen-bond acceptors (Lipinski definition) is 3. The first-order valence-corrected chi connectivity index (χ1v) is 10.5. The summed E-state index contributed by atoms with van der Waals surface area (Å²) in [6, 6.07) is 0. The number of hydrazone groups is 1. The molecule has 4 saturated carbocycles. The molecule has 0 aromatic rings. The van der Waals surface area contributed by atoms with E-state index in [9.17, 15) is 5.11 Å². The molecular weight excluding hydrogens is 330 g/mol. The molecule has 0 heterocycles. The molecule has 25 heavy (non-hydrogen) atoms. The summed E-state index contributed by atoms with van der Waals surface area (Å²) >= 11 is 4.88. The van der Waals surface area contributed by atoms with Gasteiger partial charge in [-0.05, 0) is 105 Å². The Balaban J connectivity index is 1.53. The van der Waals surface area contributed by atoms with Crippen molar-refractivity contribution in [2.24, 2.45) is 45.3 Å². The molecule has 5 heteroatoms. The SMILES string of the molecule is C[C@]12CC/C(=N/NC(N)=S)C[C@@H]1CC[C@@H]1[C@H]2CC[C@@]2(C)[C@@H]1CC[C@@H]2O. The van der Waals surface area contributed by atoms with Crippen LogP contribution in [-0.4, -0.2) is 22.0 Å². The van der Waals surface area contributed by atoms with Gasteiger partial charge >= 0.3 is 0 Å². The van der Waals surface area contributed by atoms with Crippen molar-refractivity contribution in [2.75, 3.05) is 0 Å². The second-order valence-electron chi connectivity index (χ2n) is 9.65. The molecule has 0 aromatic heterocycles. The van der Waals surface area contributed by atoms with E-state index in [1.807, 2.05) is 0 Å². The lowest BCUT2D eigenvalue weighted by atomic mass is 9.45. The van der Waals surface area contributed by atoms with Crippen LogP contribution in [-0.2, 0) is 0 Å². The van der Waals surface area contributed by atoms with E-state index in [2.05, 4.69) is 24.4 Å². The number of nitrogens with zero attached hydrogens (tertiary/aromatic N) is 1. The highest BCUT2D eigenvalue weighted by Crippen LogP contribution is 2.65. The number of nitrogens with one attached hydrogen (secondary N) is 1. The first kappa shape index (κ1) is 17.7. The summed E-state index contributed by atoms with van der Waals surface area (Å²) < 4.78 is 0. The molecule has 4 rings (SSSR count). The number of hydrogen-bond donors (Lipinski definition) is 3. The van der Waals surface area contributed by atoms with Crippen molar-refractivity contribution >= 4 is 23.0 Å². The number of thiocarbonyl (C=S) groups is 1. The van der Waals surface area contributed by atoms with Gasteiger partial charge in [0.25, 0.3) is 0 Å². The van der Waals surface area contributed by atoms with Crippen LogP contribution in [0.1, 0.15) is 71.6 Å². The standard InChI is InChI=1S/C20H33N3OS/c1-19-9-7-13(22-23-18(21)25)11-12(19)3-4-14-15-5-6-17(24)20(15,2)10-8-16(14)19/h12,14-17,24H,3-11H2,1-2H3,(H3,21,23,25)/b22-13-/t12-,14-,15+,16+,17-,19-,20-/m0/s1. The molecule has 4 nitrogen and oxygen atoms in total. The predicted octanol–water partition coefficient (Wildman–Crippen LogP) is 3.58. The van der Waals surface area contributed by atoms with Crippen molar-refractivity contribution in [3.8, 4) is 0 Å². The van der Waals surface area contributed by atoms with Crippen LogP contribution in [0.4, 0.5) is 0 Å². The topological polar surface area (TPSA) is 70.6 Å². The molecular formula is C20H33N3OS. The first-order valence-electron chi connectivity index (χ1n) is 10.1. The second-order valence-corrected chi connectivity index (χ2v) is 10.1. The molecule has 0 aliphatic heterocycles. The zero-order valence-corrected chi connectivity index (χ0v) is 16.4. The molecule has 0 saturated heterocycles. The maximum atomic E-state index is 10.6. The Kier molecular flexibility index (Phi) is 4.39. The van der Waals surface area contributed by atoms with Gasteiger partial charge in [0.1, 0.15) is 0 Å². The van der Waals surface area contributed by atoms with Gasteiger partial charge in [-0.1, -0.05) is 13.8 Å². The van der Waals surface area contributed by atoms with Gasteiger partial charge in [-0.25, -0.2) is 0 Å². The van der Waals surface area contributed by atoms with Crippen LogP contribution in [0.15, 0.2) is 5.10 Å². The molecule has 0 amide bonds. The summed E-state index contributed by atoms with van der Waals surface area (Å²) in [6.07, 6.45) is 10.8. The Hall–Kier alpha value is -0.680. The van der Waals surface area contributed by atoms with Crippen molar-refractivity contribution in [2.45, 2.75) is 77.7 Å². The van der Waals surface area contributed by atoms with Crippen LogP contribution >= 0.6 is 12.2 Å². The fourth-order valence-corrected chi connectivity index (χ4v) is 7.31. The Bertz CT molecular complexity index is 593. The van der Waals surface area contributed by atoms with E-state index >= 15 is 0 Å². The lowest BCUT2D eigenvalue weighted by molar-refractivity contribution is -0.112. The highest BCUT2D eigenvalue weighted by Gasteiger charge is 2.59. The average Bonchev–Trinajstić information content (AvgIpc) is 2.88. The molecule has 7 atom stereocenters. The number of nitrogens with two attached hydrogens (primary N) is 1. The van der Waals surface area contributed by atoms with E-state index in [4.69, 9.17) is 18.0 Å². The van der Waals surface area contributed by atoms with Crippen LogP contribution in [0.25, 0.3) is 0 Å². The Morgan fingerprint density at radius 3 is 2.64 bits per heavy atom. The van der Waals surface area contributed by atoms with Crippen LogP contribution in [0.2, 0.25) is 0 Å². The normalized spacial score (nSPS) is 50.7. The molecule has 0 radical (unpaired) electrons. The second kappa shape index (κ2) is 6.19. The van der Waals surface area contributed by atoms with E-state index in [1.54, 1.807) is 0 Å². The quantitative estimate of drug-likeness (QED) is 0.492. The van der Waals surface area contributed by atoms with E-state index < -0.39 is 0 Å². The summed E-state index contributed by atoms with van der Waals surface area (Å²) in [7, 11) is 0. The molecule has 0 spiro atoms. The minimum absolute atomic E-state index is 0.0692. The molecule has 140 valence electrons. The maximum absolute atomic E-state index is 10.6. The third kappa shape index (κ3) is 2.73. The summed E-state index contributed by atoms with van der Waals surface area (Å²) in [4.78, 5) is 0. The molecule has 4 aliphatic rings. The van der Waals surface area contributed by atoms with Crippen molar-refractivity contribution in [3.63, 3.8) is 0 Å². The Morgan fingerprint density at radius 2 is 1.88 bits per heavy atom. The molecule has 4 fully saturated rings. The summed E-state index contributed by atoms with van der Waals surface area (Å²) in [5, 5.41) is 15.3. The lowest BCUT2D eigenvalue weighted by Gasteiger charge is -2.60. The van der Waals surface area contributed by atoms with Crippen LogP contribution < -0.4 is 11.2 Å². The number of aliphatic hydroxyl groups excluding tert-OH is 1. The van der Waals surface area contributed by atoms with Crippen molar-refractivity contribution < 1.29 is 5.11 Å². The van der Waals surface area contributed by atoms with Gasteiger partial charge in [0.15, 0.2) is 5.11 Å². The van der Waals surface area contributed by atoms with Gasteiger partial charge in [-0.3, -0.25) is 5.43 Å². The van der Waals surface area contributed by atoms with Gasteiger partial charge in [0, 0.05) is 5.71 Å². The summed E-state index contributed by atoms with van der Waals surface area (Å²) in [5.74, 6) is 3.14. The van der Waals surface area contributed by atoms with E-state index in [-0.39, 0.29) is 16.6 Å². The van der Waals surface area contributed by atoms with E-state index in [0.29, 0.717) is 5.41 Å². The minimum atomic E-state index is -0.0692. The van der Waals surface area contributed by atoms with Gasteiger partial charge < -0.3 is 10.8 Å². The third-order valence-corrected chi connectivity index (χ3v) is 8.86. The van der Waals surface area contributed by atoms with Crippen molar-refractivity contribution in [1.82, 2.24) is 5.43 Å². The van der Waals surface area contributed by atoms with E-state index in [0.717, 1.165) is 42.9 Å². The predicted molar refractivity (Wildman–Crippen MR) is 105 cm³/mol. The Labute approximate surface area is 157 Å². The van der Waals surface area contributed by atoms with Crippen LogP contribution in [0, 0.1) is 34.5 Å². The molecule has 0 aromatic carbocycles. The zero-order valence-electron chi connectivity index (χ0n) is 15.6. The average molecular weight is 364 g/mol. The third-order valence-electron chi connectivity index (χ3n) is 8.77. The summed E-state index contributed by atoms with van der Waals surface area (Å²) in [5.41, 5.74) is 10.2. The highest BCUT2D eigenvalue weighted by molar-refractivity contribution is 7.80. The van der Waals surface area contributed by atoms with Crippen molar-refractivity contribution in [1.29, 1.82) is 0 Å². The van der Waals surface area contributed by atoms with Gasteiger partial charge in [0.05, 0.1) is 6.10 Å². The first-order chi connectivity index (χ1) is 11.8. The van der Waals surface area contributed by atoms with Gasteiger partial charge in [-0.2, -0.15) is 5.10 Å². The van der Waals surface area contributed by atoms with Crippen LogP contribution in [0.3, 0.4) is 0 Å². The number of fused-ring (bicyclic) bond motifs is 5. The summed E-state index contributed by atoms with van der Waals surface area (Å²) in [6.45, 7) is 4.92. The van der Waals surface area contributed by atoms with Crippen LogP contribution in [0.5, 0.6) is 0 Å². The highest BCUT2D eigenvalue weighted by atomic mass is 32.1. The Morgan fingerprint density at radius 1 is 1.12 bits per heavy atom. The number of aliphatic hydroxyl groups is 1. The van der Waals surface area contributed by atoms with Gasteiger partial charge in [0.2, 0.25) is 0 Å². The zero-order chi connectivity index (χ0) is 17.8. The molecule has 0 bridgehead atoms. The monoisotopic (exact) mass is 363 g/mol.